The number of rotatable bonds is 6. The van der Waals surface area contributed by atoms with Gasteiger partial charge in [0.25, 0.3) is 5.91 Å². The molecule has 0 aromatic carbocycles. The van der Waals surface area contributed by atoms with E-state index in [-0.39, 0.29) is 18.4 Å². The quantitative estimate of drug-likeness (QED) is 0.758. The molecule has 2 atom stereocenters. The lowest BCUT2D eigenvalue weighted by Gasteiger charge is -2.15. The highest BCUT2D eigenvalue weighted by molar-refractivity contribution is 7.12. The summed E-state index contributed by atoms with van der Waals surface area (Å²) in [5.41, 5.74) is 0.774. The van der Waals surface area contributed by atoms with Crippen LogP contribution in [0, 0.1) is 0 Å². The molecule has 0 aliphatic rings. The average molecular weight is 324 g/mol. The molecular weight excluding hydrogens is 308 g/mol. The average Bonchev–Trinajstić information content (AvgIpc) is 3.15. The Morgan fingerprint density at radius 3 is 2.76 bits per heavy atom. The molecule has 5 nitrogen and oxygen atoms in total. The van der Waals surface area contributed by atoms with E-state index in [0.29, 0.717) is 4.88 Å². The van der Waals surface area contributed by atoms with Crippen LogP contribution < -0.4 is 10.6 Å². The molecule has 2 unspecified atom stereocenters. The van der Waals surface area contributed by atoms with Gasteiger partial charge in [-0.2, -0.15) is 11.3 Å². The molecule has 2 heterocycles. The summed E-state index contributed by atoms with van der Waals surface area (Å²) in [5.74, 6) is -0.597. The predicted molar refractivity (Wildman–Crippen MR) is 83.5 cm³/mol. The second kappa shape index (κ2) is 7.35. The molecule has 2 aromatic rings. The van der Waals surface area contributed by atoms with E-state index in [2.05, 4.69) is 10.6 Å². The van der Waals surface area contributed by atoms with Crippen molar-refractivity contribution in [2.24, 2.45) is 0 Å². The first-order valence-corrected chi connectivity index (χ1v) is 8.22. The lowest BCUT2D eigenvalue weighted by Crippen LogP contribution is -2.45. The Labute approximate surface area is 130 Å². The molecule has 112 valence electrons. The van der Waals surface area contributed by atoms with Gasteiger partial charge < -0.3 is 15.7 Å². The normalized spacial score (nSPS) is 13.4. The summed E-state index contributed by atoms with van der Waals surface area (Å²) in [6.45, 7) is 1.73. The van der Waals surface area contributed by atoms with Crippen LogP contribution in [0.3, 0.4) is 0 Å². The number of hydrogen-bond donors (Lipinski definition) is 3. The number of carbonyl (C=O) groups is 2. The van der Waals surface area contributed by atoms with Gasteiger partial charge in [-0.05, 0) is 40.8 Å². The number of carbonyl (C=O) groups excluding carboxylic acids is 2. The van der Waals surface area contributed by atoms with Crippen molar-refractivity contribution in [2.75, 3.05) is 6.54 Å². The van der Waals surface area contributed by atoms with Gasteiger partial charge in [0.05, 0.1) is 11.0 Å². The Balaban J connectivity index is 1.79. The third kappa shape index (κ3) is 4.38. The molecule has 0 saturated heterocycles. The highest BCUT2D eigenvalue weighted by Crippen LogP contribution is 2.15. The zero-order valence-electron chi connectivity index (χ0n) is 11.4. The van der Waals surface area contributed by atoms with Gasteiger partial charge in [-0.3, -0.25) is 9.59 Å². The molecule has 0 spiro atoms. The minimum atomic E-state index is -0.736. The van der Waals surface area contributed by atoms with E-state index in [1.165, 1.54) is 22.7 Å². The molecule has 7 heteroatoms. The molecule has 0 fully saturated rings. The monoisotopic (exact) mass is 324 g/mol. The number of aliphatic hydroxyl groups excluding tert-OH is 1. The van der Waals surface area contributed by atoms with E-state index in [0.717, 1.165) is 5.56 Å². The van der Waals surface area contributed by atoms with Gasteiger partial charge in [0, 0.05) is 6.54 Å². The zero-order chi connectivity index (χ0) is 15.2. The van der Waals surface area contributed by atoms with Crippen molar-refractivity contribution >= 4 is 34.5 Å². The Morgan fingerprint density at radius 1 is 1.33 bits per heavy atom. The Kier molecular flexibility index (Phi) is 5.49. The summed E-state index contributed by atoms with van der Waals surface area (Å²) in [4.78, 5) is 24.3. The Bertz CT molecular complexity index is 581. The molecule has 3 N–H and O–H groups in total. The highest BCUT2D eigenvalue weighted by Gasteiger charge is 2.18. The van der Waals surface area contributed by atoms with Crippen LogP contribution in [0.2, 0.25) is 0 Å². The van der Waals surface area contributed by atoms with E-state index in [9.17, 15) is 14.7 Å². The van der Waals surface area contributed by atoms with Gasteiger partial charge >= 0.3 is 0 Å². The van der Waals surface area contributed by atoms with E-state index in [1.807, 2.05) is 16.8 Å². The van der Waals surface area contributed by atoms with E-state index in [1.54, 1.807) is 24.4 Å². The second-order valence-electron chi connectivity index (χ2n) is 4.49. The molecule has 0 bridgehead atoms. The summed E-state index contributed by atoms with van der Waals surface area (Å²) in [5, 5.41) is 20.6. The van der Waals surface area contributed by atoms with Crippen LogP contribution >= 0.6 is 22.7 Å². The fraction of sp³-hybridized carbons (Fsp3) is 0.286. The van der Waals surface area contributed by atoms with Gasteiger partial charge in [0.1, 0.15) is 6.04 Å². The van der Waals surface area contributed by atoms with E-state index < -0.39 is 12.1 Å². The van der Waals surface area contributed by atoms with Crippen LogP contribution in [-0.2, 0) is 4.79 Å². The first-order chi connectivity index (χ1) is 10.1. The van der Waals surface area contributed by atoms with Gasteiger partial charge in [-0.15, -0.1) is 11.3 Å². The van der Waals surface area contributed by atoms with Gasteiger partial charge in [0.15, 0.2) is 0 Å². The number of thiophene rings is 2. The summed E-state index contributed by atoms with van der Waals surface area (Å²) in [7, 11) is 0. The van der Waals surface area contributed by atoms with Crippen molar-refractivity contribution in [3.8, 4) is 0 Å². The summed E-state index contributed by atoms with van der Waals surface area (Å²) < 4.78 is 0. The first kappa shape index (κ1) is 15.7. The molecular formula is C14H16N2O3S2. The second-order valence-corrected chi connectivity index (χ2v) is 6.22. The van der Waals surface area contributed by atoms with Crippen molar-refractivity contribution in [3.63, 3.8) is 0 Å². The molecule has 21 heavy (non-hydrogen) atoms. The summed E-state index contributed by atoms with van der Waals surface area (Å²) in [6.07, 6.45) is -0.736. The maximum atomic E-state index is 11.9. The van der Waals surface area contributed by atoms with Crippen LogP contribution in [0.25, 0.3) is 0 Å². The number of nitrogens with one attached hydrogen (secondary N) is 2. The third-order valence-electron chi connectivity index (χ3n) is 2.88. The zero-order valence-corrected chi connectivity index (χ0v) is 13.0. The molecule has 0 aliphatic carbocycles. The molecule has 0 saturated carbocycles. The molecule has 2 rings (SSSR count). The minimum absolute atomic E-state index is 0.120. The Hall–Kier alpha value is -1.70. The Morgan fingerprint density at radius 2 is 2.14 bits per heavy atom. The smallest absolute Gasteiger partial charge is 0.261 e. The maximum Gasteiger partial charge on any atom is 0.261 e. The van der Waals surface area contributed by atoms with Crippen LogP contribution in [0.4, 0.5) is 0 Å². The third-order valence-corrected chi connectivity index (χ3v) is 4.45. The number of aliphatic hydroxyl groups is 1. The van der Waals surface area contributed by atoms with Crippen molar-refractivity contribution in [1.29, 1.82) is 0 Å². The van der Waals surface area contributed by atoms with Crippen LogP contribution in [0.15, 0.2) is 34.3 Å². The van der Waals surface area contributed by atoms with Crippen molar-refractivity contribution in [2.45, 2.75) is 19.1 Å². The standard InChI is InChI=1S/C14H16N2O3S2/c1-9(16-14(19)12-3-2-5-21-12)13(18)15-7-11(17)10-4-6-20-8-10/h2-6,8-9,11,17H,7H2,1H3,(H,15,18)(H,16,19). The van der Waals surface area contributed by atoms with Gasteiger partial charge in [0.2, 0.25) is 5.91 Å². The van der Waals surface area contributed by atoms with Crippen molar-refractivity contribution in [1.82, 2.24) is 10.6 Å². The van der Waals surface area contributed by atoms with Crippen LogP contribution in [-0.4, -0.2) is 29.5 Å². The topological polar surface area (TPSA) is 78.4 Å². The SMILES string of the molecule is CC(NC(=O)c1cccs1)C(=O)NCC(O)c1ccsc1. The largest absolute Gasteiger partial charge is 0.387 e. The predicted octanol–water partition coefficient (Wildman–Crippen LogP) is 1.78. The van der Waals surface area contributed by atoms with E-state index >= 15 is 0 Å². The van der Waals surface area contributed by atoms with Gasteiger partial charge in [-0.25, -0.2) is 0 Å². The first-order valence-electron chi connectivity index (χ1n) is 6.40. The van der Waals surface area contributed by atoms with Crippen molar-refractivity contribution in [3.05, 3.63) is 44.8 Å². The lowest BCUT2D eigenvalue weighted by atomic mass is 10.2. The summed E-state index contributed by atoms with van der Waals surface area (Å²) in [6, 6.07) is 4.63. The number of amides is 2. The lowest BCUT2D eigenvalue weighted by molar-refractivity contribution is -0.123. The minimum Gasteiger partial charge on any atom is -0.387 e. The highest BCUT2D eigenvalue weighted by atomic mass is 32.1. The van der Waals surface area contributed by atoms with Crippen LogP contribution in [0.5, 0.6) is 0 Å². The molecule has 0 aliphatic heterocycles. The maximum absolute atomic E-state index is 11.9. The van der Waals surface area contributed by atoms with E-state index in [4.69, 9.17) is 0 Å². The fourth-order valence-electron chi connectivity index (χ4n) is 1.67. The number of hydrogen-bond acceptors (Lipinski definition) is 5. The molecule has 0 radical (unpaired) electrons. The van der Waals surface area contributed by atoms with Gasteiger partial charge in [-0.1, -0.05) is 6.07 Å². The molecule has 2 amide bonds. The van der Waals surface area contributed by atoms with Crippen molar-refractivity contribution < 1.29 is 14.7 Å². The summed E-state index contributed by atoms with van der Waals surface area (Å²) >= 11 is 2.81. The molecule has 2 aromatic heterocycles. The fourth-order valence-corrected chi connectivity index (χ4v) is 3.01. The van der Waals surface area contributed by atoms with Crippen LogP contribution in [0.1, 0.15) is 28.3 Å².